The van der Waals surface area contributed by atoms with E-state index >= 15 is 0 Å². The molecule has 3 heteroatoms. The number of nitrogens with zero attached hydrogens (tertiary/aromatic N) is 2. The highest BCUT2D eigenvalue weighted by atomic mass is 16.5. The molecular formula is C55H40N2O. The van der Waals surface area contributed by atoms with E-state index in [0.29, 0.717) is 0 Å². The highest BCUT2D eigenvalue weighted by Gasteiger charge is 2.38. The van der Waals surface area contributed by atoms with E-state index < -0.39 is 0 Å². The second-order valence-electron chi connectivity index (χ2n) is 15.7. The molecule has 0 aromatic heterocycles. The lowest BCUT2D eigenvalue weighted by molar-refractivity contribution is 0.488. The van der Waals surface area contributed by atoms with Crippen LogP contribution in [0, 0.1) is 0 Å². The smallest absolute Gasteiger partial charge is 0.159 e. The Morgan fingerprint density at radius 3 is 1.72 bits per heavy atom. The molecule has 1 heterocycles. The third-order valence-electron chi connectivity index (χ3n) is 12.0. The van der Waals surface area contributed by atoms with Crippen LogP contribution in [0.15, 0.2) is 206 Å². The summed E-state index contributed by atoms with van der Waals surface area (Å²) in [6.45, 7) is 4.69. The van der Waals surface area contributed by atoms with Crippen LogP contribution in [-0.2, 0) is 5.41 Å². The first-order valence-electron chi connectivity index (χ1n) is 20.0. The molecule has 9 aromatic rings. The molecule has 0 amide bonds. The molecule has 0 N–H and O–H groups in total. The summed E-state index contributed by atoms with van der Waals surface area (Å²) in [5, 5.41) is 2.26. The van der Waals surface area contributed by atoms with Crippen LogP contribution in [0.5, 0.6) is 11.5 Å². The molecule has 0 atom stereocenters. The molecule has 0 saturated heterocycles. The van der Waals surface area contributed by atoms with Gasteiger partial charge in [0.25, 0.3) is 0 Å². The summed E-state index contributed by atoms with van der Waals surface area (Å²) >= 11 is 0. The van der Waals surface area contributed by atoms with Crippen molar-refractivity contribution in [1.82, 2.24) is 0 Å². The average molecular weight is 745 g/mol. The second kappa shape index (κ2) is 13.4. The van der Waals surface area contributed by atoms with Gasteiger partial charge in [0.2, 0.25) is 0 Å². The summed E-state index contributed by atoms with van der Waals surface area (Å²) in [5.74, 6) is 1.67. The zero-order valence-electron chi connectivity index (χ0n) is 32.4. The fraction of sp³-hybridized carbons (Fsp3) is 0.0545. The van der Waals surface area contributed by atoms with Crippen LogP contribution in [-0.4, -0.2) is 0 Å². The maximum atomic E-state index is 7.32. The van der Waals surface area contributed by atoms with Crippen LogP contribution >= 0.6 is 0 Å². The van der Waals surface area contributed by atoms with Gasteiger partial charge in [0.1, 0.15) is 5.75 Å². The number of fused-ring (bicyclic) bond motifs is 5. The minimum Gasteiger partial charge on any atom is -0.454 e. The van der Waals surface area contributed by atoms with Gasteiger partial charge in [-0.1, -0.05) is 153 Å². The lowest BCUT2D eigenvalue weighted by Gasteiger charge is -2.33. The highest BCUT2D eigenvalue weighted by molar-refractivity contribution is 6.09. The molecule has 9 aromatic carbocycles. The number of anilines is 6. The predicted molar refractivity (Wildman–Crippen MR) is 242 cm³/mol. The van der Waals surface area contributed by atoms with Gasteiger partial charge in [-0.2, -0.15) is 0 Å². The van der Waals surface area contributed by atoms with Crippen molar-refractivity contribution < 1.29 is 4.74 Å². The van der Waals surface area contributed by atoms with Gasteiger partial charge in [-0.05, 0) is 99.4 Å². The SMILES string of the molecule is CC1(C)c2ccccc2-c2c(N(c3ccc(-c4ccccc4)cc3)c3ccc4cccc5c4c3Oc3cc(N(c4ccccc4)c4ccccc4)ccc3-5)cccc21. The first kappa shape index (κ1) is 33.9. The van der Waals surface area contributed by atoms with Crippen LogP contribution in [0.4, 0.5) is 34.1 Å². The third-order valence-corrected chi connectivity index (χ3v) is 12.0. The summed E-state index contributed by atoms with van der Waals surface area (Å²) in [5.41, 5.74) is 16.0. The Hall–Kier alpha value is -7.36. The fourth-order valence-electron chi connectivity index (χ4n) is 9.27. The monoisotopic (exact) mass is 744 g/mol. The van der Waals surface area contributed by atoms with Gasteiger partial charge in [0.05, 0.1) is 11.4 Å². The van der Waals surface area contributed by atoms with E-state index in [0.717, 1.165) is 67.5 Å². The molecule has 2 aliphatic rings. The molecule has 0 saturated carbocycles. The Morgan fingerprint density at radius 2 is 0.983 bits per heavy atom. The first-order valence-corrected chi connectivity index (χ1v) is 20.0. The normalized spacial score (nSPS) is 12.9. The van der Waals surface area contributed by atoms with Gasteiger partial charge in [-0.25, -0.2) is 0 Å². The van der Waals surface area contributed by atoms with Crippen molar-refractivity contribution in [2.45, 2.75) is 19.3 Å². The standard InChI is InChI=1S/C55H40N2O/c1-55(2)47-25-13-12-23-46(47)53-48(55)26-15-27-49(53)57(42-31-28-38(29-32-42)37-16-6-3-7-17-37)50-35-30-39-18-14-24-45-44-34-33-43(36-51(44)58-54(50)52(39)45)56(40-19-8-4-9-20-40)41-21-10-5-11-22-41/h3-36H,1-2H3. The molecular weight excluding hydrogens is 705 g/mol. The summed E-state index contributed by atoms with van der Waals surface area (Å²) in [6.07, 6.45) is 0. The van der Waals surface area contributed by atoms with Gasteiger partial charge in [-0.15, -0.1) is 0 Å². The van der Waals surface area contributed by atoms with E-state index in [-0.39, 0.29) is 5.41 Å². The average Bonchev–Trinajstić information content (AvgIpc) is 3.52. The Kier molecular flexibility index (Phi) is 7.84. The molecule has 0 fully saturated rings. The molecule has 11 rings (SSSR count). The number of hydrogen-bond acceptors (Lipinski definition) is 3. The van der Waals surface area contributed by atoms with E-state index in [4.69, 9.17) is 4.74 Å². The Balaban J connectivity index is 1.13. The lowest BCUT2D eigenvalue weighted by atomic mass is 9.82. The van der Waals surface area contributed by atoms with E-state index in [1.165, 1.54) is 33.4 Å². The maximum absolute atomic E-state index is 7.32. The summed E-state index contributed by atoms with van der Waals surface area (Å²) in [6, 6.07) is 74.1. The molecule has 0 unspecified atom stereocenters. The van der Waals surface area contributed by atoms with Gasteiger partial charge in [0.15, 0.2) is 5.75 Å². The molecule has 276 valence electrons. The van der Waals surface area contributed by atoms with Crippen molar-refractivity contribution in [2.75, 3.05) is 9.80 Å². The van der Waals surface area contributed by atoms with Crippen molar-refractivity contribution in [3.63, 3.8) is 0 Å². The van der Waals surface area contributed by atoms with E-state index in [1.807, 2.05) is 0 Å². The van der Waals surface area contributed by atoms with Crippen molar-refractivity contribution in [2.24, 2.45) is 0 Å². The maximum Gasteiger partial charge on any atom is 0.159 e. The van der Waals surface area contributed by atoms with E-state index in [1.54, 1.807) is 0 Å². The van der Waals surface area contributed by atoms with Gasteiger partial charge >= 0.3 is 0 Å². The minimum absolute atomic E-state index is 0.148. The third kappa shape index (κ3) is 5.35. The number of para-hydroxylation sites is 2. The Labute approximate surface area is 339 Å². The quantitative estimate of drug-likeness (QED) is 0.162. The Morgan fingerprint density at radius 1 is 0.397 bits per heavy atom. The zero-order valence-corrected chi connectivity index (χ0v) is 32.4. The molecule has 3 nitrogen and oxygen atoms in total. The van der Waals surface area contributed by atoms with Gasteiger partial charge < -0.3 is 14.5 Å². The topological polar surface area (TPSA) is 15.7 Å². The zero-order chi connectivity index (χ0) is 38.8. The molecule has 1 aliphatic carbocycles. The van der Waals surface area contributed by atoms with Crippen molar-refractivity contribution in [1.29, 1.82) is 0 Å². The summed E-state index contributed by atoms with van der Waals surface area (Å²) < 4.78 is 7.32. The van der Waals surface area contributed by atoms with Crippen LogP contribution < -0.4 is 14.5 Å². The predicted octanol–water partition coefficient (Wildman–Crippen LogP) is 15.5. The van der Waals surface area contributed by atoms with Crippen LogP contribution in [0.25, 0.3) is 44.2 Å². The van der Waals surface area contributed by atoms with Crippen molar-refractivity contribution in [3.8, 4) is 44.9 Å². The first-order chi connectivity index (χ1) is 28.5. The number of hydrogen-bond donors (Lipinski definition) is 0. The minimum atomic E-state index is -0.148. The van der Waals surface area contributed by atoms with Crippen LogP contribution in [0.3, 0.4) is 0 Å². The number of ether oxygens (including phenoxy) is 1. The molecule has 0 bridgehead atoms. The number of benzene rings is 9. The molecule has 58 heavy (non-hydrogen) atoms. The fourth-order valence-corrected chi connectivity index (χ4v) is 9.27. The summed E-state index contributed by atoms with van der Waals surface area (Å²) in [4.78, 5) is 4.71. The Bertz CT molecular complexity index is 2950. The van der Waals surface area contributed by atoms with Crippen molar-refractivity contribution >= 4 is 44.9 Å². The second-order valence-corrected chi connectivity index (χ2v) is 15.7. The van der Waals surface area contributed by atoms with Crippen molar-refractivity contribution in [3.05, 3.63) is 217 Å². The molecule has 1 aliphatic heterocycles. The largest absolute Gasteiger partial charge is 0.454 e. The summed E-state index contributed by atoms with van der Waals surface area (Å²) in [7, 11) is 0. The highest BCUT2D eigenvalue weighted by Crippen LogP contribution is 2.58. The molecule has 0 spiro atoms. The lowest BCUT2D eigenvalue weighted by Crippen LogP contribution is -2.16. The van der Waals surface area contributed by atoms with Gasteiger partial charge in [0, 0.05) is 50.7 Å². The van der Waals surface area contributed by atoms with Crippen LogP contribution in [0.1, 0.15) is 25.0 Å². The van der Waals surface area contributed by atoms with Gasteiger partial charge in [-0.3, -0.25) is 0 Å². The van der Waals surface area contributed by atoms with Crippen LogP contribution in [0.2, 0.25) is 0 Å². The number of rotatable bonds is 7. The van der Waals surface area contributed by atoms with E-state index in [2.05, 4.69) is 230 Å². The van der Waals surface area contributed by atoms with E-state index in [9.17, 15) is 0 Å². The molecule has 0 radical (unpaired) electrons.